The van der Waals surface area contributed by atoms with Crippen LogP contribution in [-0.4, -0.2) is 21.7 Å². The Morgan fingerprint density at radius 3 is 2.40 bits per heavy atom. The molecule has 1 N–H and O–H groups in total. The normalized spacial score (nSPS) is 13.9. The number of imide groups is 1. The highest BCUT2D eigenvalue weighted by atomic mass is 35.5. The predicted molar refractivity (Wildman–Crippen MR) is 118 cm³/mol. The number of pyridine rings is 1. The van der Waals surface area contributed by atoms with Crippen molar-refractivity contribution in [3.63, 3.8) is 0 Å². The molecule has 0 saturated carbocycles. The molecule has 0 aliphatic carbocycles. The standard InChI is InChI=1S/C23H17Cl2N3O2/c1-14-5-8-16(9-6-14)27-21-20(18-10-7-15(24)12-19(18)25)22(29)28(23(21)30)13-17-4-2-3-11-26-17/h2-12,27H,13H2,1H3. The van der Waals surface area contributed by atoms with E-state index in [9.17, 15) is 9.59 Å². The maximum atomic E-state index is 13.3. The van der Waals surface area contributed by atoms with Gasteiger partial charge in [-0.3, -0.25) is 19.5 Å². The molecular weight excluding hydrogens is 421 g/mol. The monoisotopic (exact) mass is 437 g/mol. The summed E-state index contributed by atoms with van der Waals surface area (Å²) in [5, 5.41) is 3.85. The molecule has 2 heterocycles. The van der Waals surface area contributed by atoms with Gasteiger partial charge in [-0.15, -0.1) is 0 Å². The van der Waals surface area contributed by atoms with E-state index in [2.05, 4.69) is 10.3 Å². The smallest absolute Gasteiger partial charge is 0.278 e. The zero-order valence-electron chi connectivity index (χ0n) is 16.0. The topological polar surface area (TPSA) is 62.3 Å². The van der Waals surface area contributed by atoms with Crippen molar-refractivity contribution >= 4 is 46.3 Å². The van der Waals surface area contributed by atoms with E-state index in [-0.39, 0.29) is 17.8 Å². The Morgan fingerprint density at radius 2 is 1.73 bits per heavy atom. The molecule has 2 aromatic carbocycles. The highest BCUT2D eigenvalue weighted by molar-refractivity contribution is 6.41. The molecule has 0 spiro atoms. The summed E-state index contributed by atoms with van der Waals surface area (Å²) in [6.45, 7) is 2.03. The predicted octanol–water partition coefficient (Wildman–Crippen LogP) is 5.09. The SMILES string of the molecule is Cc1ccc(NC2=C(c3ccc(Cl)cc3Cl)C(=O)N(Cc3ccccn3)C2=O)cc1. The third-order valence-corrected chi connectivity index (χ3v) is 5.28. The van der Waals surface area contributed by atoms with Gasteiger partial charge in [0.2, 0.25) is 0 Å². The van der Waals surface area contributed by atoms with Gasteiger partial charge >= 0.3 is 0 Å². The minimum absolute atomic E-state index is 0.0618. The molecule has 0 fully saturated rings. The van der Waals surface area contributed by atoms with E-state index in [4.69, 9.17) is 23.2 Å². The average Bonchev–Trinajstić information content (AvgIpc) is 2.95. The number of carbonyl (C=O) groups is 2. The second-order valence-corrected chi connectivity index (χ2v) is 7.73. The van der Waals surface area contributed by atoms with Crippen molar-refractivity contribution in [3.05, 3.63) is 99.4 Å². The minimum atomic E-state index is -0.440. The van der Waals surface area contributed by atoms with Crippen LogP contribution in [0.1, 0.15) is 16.8 Å². The lowest BCUT2D eigenvalue weighted by Gasteiger charge is -2.15. The van der Waals surface area contributed by atoms with Gasteiger partial charge in [0.15, 0.2) is 0 Å². The molecule has 3 aromatic rings. The number of aromatic nitrogens is 1. The van der Waals surface area contributed by atoms with Crippen molar-refractivity contribution in [1.82, 2.24) is 9.88 Å². The molecule has 0 atom stereocenters. The van der Waals surface area contributed by atoms with Crippen molar-refractivity contribution < 1.29 is 9.59 Å². The Morgan fingerprint density at radius 1 is 0.967 bits per heavy atom. The number of nitrogens with zero attached hydrogens (tertiary/aromatic N) is 2. The number of amides is 2. The Kier molecular flexibility index (Phi) is 5.57. The highest BCUT2D eigenvalue weighted by Gasteiger charge is 2.40. The van der Waals surface area contributed by atoms with Crippen LogP contribution in [0.5, 0.6) is 0 Å². The van der Waals surface area contributed by atoms with Gasteiger partial charge in [0, 0.05) is 22.5 Å². The highest BCUT2D eigenvalue weighted by Crippen LogP contribution is 2.35. The van der Waals surface area contributed by atoms with Crippen LogP contribution in [0.25, 0.3) is 5.57 Å². The second kappa shape index (κ2) is 8.30. The van der Waals surface area contributed by atoms with Gasteiger partial charge in [0.1, 0.15) is 5.70 Å². The molecule has 1 aliphatic heterocycles. The molecule has 30 heavy (non-hydrogen) atoms. The summed E-state index contributed by atoms with van der Waals surface area (Å²) in [7, 11) is 0. The molecule has 1 aliphatic rings. The summed E-state index contributed by atoms with van der Waals surface area (Å²) in [5.74, 6) is -0.878. The summed E-state index contributed by atoms with van der Waals surface area (Å²) in [4.78, 5) is 31.9. The average molecular weight is 438 g/mol. The van der Waals surface area contributed by atoms with E-state index in [0.29, 0.717) is 27.0 Å². The number of benzene rings is 2. The Hall–Kier alpha value is -3.15. The molecule has 0 radical (unpaired) electrons. The number of aryl methyl sites for hydroxylation is 1. The van der Waals surface area contributed by atoms with Crippen LogP contribution in [-0.2, 0) is 16.1 Å². The number of hydrogen-bond donors (Lipinski definition) is 1. The van der Waals surface area contributed by atoms with Gasteiger partial charge in [-0.1, -0.05) is 53.0 Å². The number of anilines is 1. The first kappa shape index (κ1) is 20.1. The lowest BCUT2D eigenvalue weighted by atomic mass is 10.0. The molecule has 0 bridgehead atoms. The molecule has 0 unspecified atom stereocenters. The van der Waals surface area contributed by atoms with Crippen LogP contribution in [0.2, 0.25) is 10.0 Å². The Bertz CT molecular complexity index is 1160. The maximum Gasteiger partial charge on any atom is 0.278 e. The van der Waals surface area contributed by atoms with E-state index in [0.717, 1.165) is 5.56 Å². The van der Waals surface area contributed by atoms with E-state index in [1.165, 1.54) is 4.90 Å². The van der Waals surface area contributed by atoms with E-state index in [1.54, 1.807) is 36.5 Å². The summed E-state index contributed by atoms with van der Waals surface area (Å²) < 4.78 is 0. The first-order valence-corrected chi connectivity index (χ1v) is 9.99. The van der Waals surface area contributed by atoms with Crippen molar-refractivity contribution in [1.29, 1.82) is 0 Å². The minimum Gasteiger partial charge on any atom is -0.350 e. The van der Waals surface area contributed by atoms with Gasteiger partial charge in [0.25, 0.3) is 11.8 Å². The van der Waals surface area contributed by atoms with Crippen LogP contribution >= 0.6 is 23.2 Å². The van der Waals surface area contributed by atoms with E-state index in [1.807, 2.05) is 37.3 Å². The molecule has 1 aromatic heterocycles. The van der Waals surface area contributed by atoms with Crippen molar-refractivity contribution in [2.45, 2.75) is 13.5 Å². The Balaban J connectivity index is 1.78. The lowest BCUT2D eigenvalue weighted by molar-refractivity contribution is -0.137. The van der Waals surface area contributed by atoms with Crippen molar-refractivity contribution in [2.75, 3.05) is 5.32 Å². The number of nitrogens with one attached hydrogen (secondary N) is 1. The van der Waals surface area contributed by atoms with Gasteiger partial charge < -0.3 is 5.32 Å². The molecule has 150 valence electrons. The van der Waals surface area contributed by atoms with Crippen molar-refractivity contribution in [3.8, 4) is 0 Å². The number of hydrogen-bond acceptors (Lipinski definition) is 4. The second-order valence-electron chi connectivity index (χ2n) is 6.88. The van der Waals surface area contributed by atoms with Crippen LogP contribution in [0.4, 0.5) is 5.69 Å². The largest absolute Gasteiger partial charge is 0.350 e. The number of rotatable bonds is 5. The van der Waals surface area contributed by atoms with Crippen molar-refractivity contribution in [2.24, 2.45) is 0 Å². The molecular formula is C23H17Cl2N3O2. The summed E-state index contributed by atoms with van der Waals surface area (Å²) >= 11 is 12.4. The third-order valence-electron chi connectivity index (χ3n) is 4.74. The van der Waals surface area contributed by atoms with E-state index >= 15 is 0 Å². The van der Waals surface area contributed by atoms with Crippen LogP contribution < -0.4 is 5.32 Å². The first-order chi connectivity index (χ1) is 14.4. The molecule has 5 nitrogen and oxygen atoms in total. The fraction of sp³-hybridized carbons (Fsp3) is 0.0870. The quantitative estimate of drug-likeness (QED) is 0.564. The van der Waals surface area contributed by atoms with Gasteiger partial charge in [-0.25, -0.2) is 0 Å². The zero-order valence-corrected chi connectivity index (χ0v) is 17.5. The molecule has 0 saturated heterocycles. The maximum absolute atomic E-state index is 13.3. The first-order valence-electron chi connectivity index (χ1n) is 9.23. The zero-order chi connectivity index (χ0) is 21.3. The summed E-state index contributed by atoms with van der Waals surface area (Å²) in [5.41, 5.74) is 3.21. The molecule has 2 amide bonds. The van der Waals surface area contributed by atoms with Crippen LogP contribution in [0.15, 0.2) is 72.6 Å². The number of carbonyl (C=O) groups excluding carboxylic acids is 2. The lowest BCUT2D eigenvalue weighted by Crippen LogP contribution is -2.32. The summed E-state index contributed by atoms with van der Waals surface area (Å²) in [6, 6.07) is 17.7. The summed E-state index contributed by atoms with van der Waals surface area (Å²) in [6.07, 6.45) is 1.62. The van der Waals surface area contributed by atoms with Gasteiger partial charge in [-0.2, -0.15) is 0 Å². The number of halogens is 2. The molecule has 7 heteroatoms. The van der Waals surface area contributed by atoms with E-state index < -0.39 is 11.8 Å². The Labute approximate surface area is 183 Å². The van der Waals surface area contributed by atoms with Crippen LogP contribution in [0.3, 0.4) is 0 Å². The molecule has 4 rings (SSSR count). The third kappa shape index (κ3) is 3.95. The van der Waals surface area contributed by atoms with Crippen LogP contribution in [0, 0.1) is 6.92 Å². The fourth-order valence-electron chi connectivity index (χ4n) is 3.21. The van der Waals surface area contributed by atoms with Gasteiger partial charge in [-0.05, 0) is 43.3 Å². The van der Waals surface area contributed by atoms with Gasteiger partial charge in [0.05, 0.1) is 22.8 Å². The fourth-order valence-corrected chi connectivity index (χ4v) is 3.72.